The van der Waals surface area contributed by atoms with Crippen molar-refractivity contribution in [1.82, 2.24) is 15.5 Å². The summed E-state index contributed by atoms with van der Waals surface area (Å²) in [6, 6.07) is 6.30. The molecule has 1 atom stereocenters. The first-order valence-corrected chi connectivity index (χ1v) is 10.7. The van der Waals surface area contributed by atoms with Gasteiger partial charge in [0, 0.05) is 26.2 Å². The van der Waals surface area contributed by atoms with Crippen molar-refractivity contribution in [2.45, 2.75) is 38.9 Å². The van der Waals surface area contributed by atoms with Gasteiger partial charge >= 0.3 is 6.03 Å². The van der Waals surface area contributed by atoms with Crippen molar-refractivity contribution in [2.75, 3.05) is 5.32 Å². The van der Waals surface area contributed by atoms with Gasteiger partial charge in [0.25, 0.3) is 5.91 Å². The highest BCUT2D eigenvalue weighted by molar-refractivity contribution is 7.12. The monoisotopic (exact) mass is 444 g/mol. The van der Waals surface area contributed by atoms with E-state index in [1.54, 1.807) is 23.1 Å². The molecule has 9 heteroatoms. The number of fused-ring (bicyclic) bond motifs is 1. The molecule has 0 radical (unpaired) electrons. The van der Waals surface area contributed by atoms with Crippen LogP contribution in [0.5, 0.6) is 0 Å². The molecule has 4 amide bonds. The van der Waals surface area contributed by atoms with Crippen LogP contribution in [0, 0.1) is 6.92 Å². The molecule has 0 aliphatic carbocycles. The number of rotatable bonds is 4. The molecule has 2 aliphatic heterocycles. The number of carbonyl (C=O) groups is 3. The molecule has 2 aromatic rings. The highest BCUT2D eigenvalue weighted by atomic mass is 35.5. The second-order valence-electron chi connectivity index (χ2n) is 7.40. The van der Waals surface area contributed by atoms with Gasteiger partial charge in [-0.15, -0.1) is 11.3 Å². The summed E-state index contributed by atoms with van der Waals surface area (Å²) in [5, 5.41) is 8.84. The van der Waals surface area contributed by atoms with Gasteiger partial charge in [-0.3, -0.25) is 9.59 Å². The van der Waals surface area contributed by atoms with Crippen LogP contribution >= 0.6 is 22.9 Å². The van der Waals surface area contributed by atoms with E-state index in [0.29, 0.717) is 47.9 Å². The Labute approximate surface area is 183 Å². The average molecular weight is 445 g/mol. The van der Waals surface area contributed by atoms with E-state index in [9.17, 15) is 14.4 Å². The van der Waals surface area contributed by atoms with E-state index in [4.69, 9.17) is 11.6 Å². The Morgan fingerprint density at radius 1 is 1.37 bits per heavy atom. The van der Waals surface area contributed by atoms with Crippen molar-refractivity contribution >= 4 is 46.5 Å². The molecule has 0 unspecified atom stereocenters. The molecule has 1 aromatic carbocycles. The first-order valence-electron chi connectivity index (χ1n) is 9.54. The van der Waals surface area contributed by atoms with Crippen LogP contribution in [-0.4, -0.2) is 28.8 Å². The number of amides is 4. The van der Waals surface area contributed by atoms with Crippen LogP contribution in [0.3, 0.4) is 0 Å². The fourth-order valence-electron chi connectivity index (χ4n) is 3.58. The van der Waals surface area contributed by atoms with Gasteiger partial charge < -0.3 is 20.9 Å². The second-order valence-corrected chi connectivity index (χ2v) is 9.03. The van der Waals surface area contributed by atoms with Crippen molar-refractivity contribution < 1.29 is 14.4 Å². The highest BCUT2D eigenvalue weighted by Crippen LogP contribution is 2.34. The topological polar surface area (TPSA) is 90.5 Å². The van der Waals surface area contributed by atoms with Gasteiger partial charge in [-0.1, -0.05) is 24.2 Å². The number of urea groups is 1. The molecule has 7 nitrogen and oxygen atoms in total. The summed E-state index contributed by atoms with van der Waals surface area (Å²) in [5.41, 5.74) is 2.85. The van der Waals surface area contributed by atoms with E-state index in [-0.39, 0.29) is 17.8 Å². The smallest absolute Gasteiger partial charge is 0.319 e. The maximum absolute atomic E-state index is 12.8. The number of aryl methyl sites for hydroxylation is 1. The first kappa shape index (κ1) is 20.4. The number of nitrogens with zero attached hydrogens (tertiary/aromatic N) is 1. The third-order valence-electron chi connectivity index (χ3n) is 5.22. The lowest BCUT2D eigenvalue weighted by molar-refractivity contribution is -0.126. The zero-order valence-corrected chi connectivity index (χ0v) is 18.0. The minimum absolute atomic E-state index is 0.140. The maximum atomic E-state index is 12.8. The molecule has 0 spiro atoms. The van der Waals surface area contributed by atoms with E-state index in [1.807, 2.05) is 13.0 Å². The zero-order valence-electron chi connectivity index (χ0n) is 16.4. The predicted octanol–water partition coefficient (Wildman–Crippen LogP) is 3.78. The van der Waals surface area contributed by atoms with E-state index < -0.39 is 6.04 Å². The molecule has 0 bridgehead atoms. The molecule has 1 aromatic heterocycles. The summed E-state index contributed by atoms with van der Waals surface area (Å²) >= 11 is 7.55. The van der Waals surface area contributed by atoms with E-state index in [1.165, 1.54) is 11.3 Å². The normalized spacial score (nSPS) is 18.3. The number of piperidine rings is 1. The van der Waals surface area contributed by atoms with Crippen LogP contribution < -0.4 is 16.0 Å². The second kappa shape index (κ2) is 8.12. The van der Waals surface area contributed by atoms with Crippen molar-refractivity contribution in [3.05, 3.63) is 62.4 Å². The number of hydrogen-bond donors (Lipinski definition) is 3. The number of nitrogens with one attached hydrogen (secondary N) is 3. The molecule has 0 saturated carbocycles. The number of carbonyl (C=O) groups excluding carboxylic acids is 3. The summed E-state index contributed by atoms with van der Waals surface area (Å²) in [6.45, 7) is 6.39. The Bertz CT molecular complexity index is 1060. The highest BCUT2D eigenvalue weighted by Gasteiger charge is 2.39. The Kier molecular flexibility index (Phi) is 5.53. The van der Waals surface area contributed by atoms with Gasteiger partial charge in [-0.05, 0) is 43.5 Å². The fraction of sp³-hybridized carbons (Fsp3) is 0.286. The van der Waals surface area contributed by atoms with Crippen LogP contribution in [-0.2, 0) is 17.9 Å². The zero-order chi connectivity index (χ0) is 21.4. The van der Waals surface area contributed by atoms with Gasteiger partial charge in [-0.25, -0.2) is 4.79 Å². The Morgan fingerprint density at radius 2 is 2.17 bits per heavy atom. The third-order valence-corrected chi connectivity index (χ3v) is 6.74. The molecular weight excluding hydrogens is 424 g/mol. The Balaban J connectivity index is 1.34. The standard InChI is InChI=1S/C21H21ClN4O3S/c1-11-3-5-13(7-16(11)22)25-21(29)23-9-14-8-15-18(30-14)10-26(20(15)28)17-6-4-12(2)24-19(17)27/h3,5,7-8,17H,2,4,6,9-10H2,1H3,(H,24,27)(H2,23,25,29)/t17-/m0/s1. The van der Waals surface area contributed by atoms with Crippen molar-refractivity contribution in [3.8, 4) is 0 Å². The number of anilines is 1. The third kappa shape index (κ3) is 4.06. The van der Waals surface area contributed by atoms with Crippen LogP contribution in [0.25, 0.3) is 0 Å². The quantitative estimate of drug-likeness (QED) is 0.670. The van der Waals surface area contributed by atoms with Crippen LogP contribution in [0.4, 0.5) is 10.5 Å². The van der Waals surface area contributed by atoms with E-state index in [0.717, 1.165) is 15.3 Å². The van der Waals surface area contributed by atoms with Gasteiger partial charge in [0.1, 0.15) is 6.04 Å². The molecule has 3 N–H and O–H groups in total. The number of halogens is 1. The fourth-order valence-corrected chi connectivity index (χ4v) is 4.85. The predicted molar refractivity (Wildman–Crippen MR) is 117 cm³/mol. The molecule has 30 heavy (non-hydrogen) atoms. The molecule has 1 saturated heterocycles. The number of benzene rings is 1. The largest absolute Gasteiger partial charge is 0.333 e. The number of hydrogen-bond acceptors (Lipinski definition) is 4. The summed E-state index contributed by atoms with van der Waals surface area (Å²) in [6.07, 6.45) is 1.26. The SMILES string of the molecule is C=C1CC[C@H](N2Cc3sc(CNC(=O)Nc4ccc(C)c(Cl)c4)cc3C2=O)C(=O)N1. The van der Waals surface area contributed by atoms with E-state index in [2.05, 4.69) is 22.5 Å². The van der Waals surface area contributed by atoms with Crippen LogP contribution in [0.15, 0.2) is 36.5 Å². The lowest BCUT2D eigenvalue weighted by Gasteiger charge is -2.31. The minimum Gasteiger partial charge on any atom is -0.333 e. The van der Waals surface area contributed by atoms with Crippen molar-refractivity contribution in [2.24, 2.45) is 0 Å². The first-order chi connectivity index (χ1) is 14.3. The summed E-state index contributed by atoms with van der Waals surface area (Å²) in [4.78, 5) is 40.6. The number of allylic oxidation sites excluding steroid dienone is 1. The summed E-state index contributed by atoms with van der Waals surface area (Å²) < 4.78 is 0. The molecule has 2 aliphatic rings. The minimum atomic E-state index is -0.462. The molecule has 1 fully saturated rings. The van der Waals surface area contributed by atoms with E-state index >= 15 is 0 Å². The molecule has 3 heterocycles. The molecule has 4 rings (SSSR count). The maximum Gasteiger partial charge on any atom is 0.319 e. The van der Waals surface area contributed by atoms with Gasteiger partial charge in [0.2, 0.25) is 5.91 Å². The van der Waals surface area contributed by atoms with Crippen molar-refractivity contribution in [3.63, 3.8) is 0 Å². The Morgan fingerprint density at radius 3 is 2.87 bits per heavy atom. The van der Waals surface area contributed by atoms with Crippen LogP contribution in [0.1, 0.15) is 38.5 Å². The van der Waals surface area contributed by atoms with Crippen molar-refractivity contribution in [1.29, 1.82) is 0 Å². The molecular formula is C21H21ClN4O3S. The molecule has 156 valence electrons. The number of thiophene rings is 1. The van der Waals surface area contributed by atoms with Gasteiger partial charge in [0.15, 0.2) is 0 Å². The van der Waals surface area contributed by atoms with Crippen LogP contribution in [0.2, 0.25) is 5.02 Å². The Hall–Kier alpha value is -2.84. The lowest BCUT2D eigenvalue weighted by atomic mass is 10.0. The van der Waals surface area contributed by atoms with Gasteiger partial charge in [0.05, 0.1) is 18.7 Å². The summed E-state index contributed by atoms with van der Waals surface area (Å²) in [7, 11) is 0. The lowest BCUT2D eigenvalue weighted by Crippen LogP contribution is -2.49. The average Bonchev–Trinajstić information content (AvgIpc) is 3.22. The summed E-state index contributed by atoms with van der Waals surface area (Å²) in [5.74, 6) is -0.316. The van der Waals surface area contributed by atoms with Gasteiger partial charge in [-0.2, -0.15) is 0 Å².